The summed E-state index contributed by atoms with van der Waals surface area (Å²) in [5.41, 5.74) is 1.08. The number of rotatable bonds is 5. The summed E-state index contributed by atoms with van der Waals surface area (Å²) in [6.07, 6.45) is 0.862. The van der Waals surface area contributed by atoms with Gasteiger partial charge in [0.05, 0.1) is 11.0 Å². The SMILES string of the molecule is CCc1ccc(S(=O)(=O)NC(C#N)C(C)C)cc1. The van der Waals surface area contributed by atoms with Crippen LogP contribution in [-0.4, -0.2) is 14.5 Å². The molecule has 98 valence electrons. The zero-order chi connectivity index (χ0) is 13.8. The van der Waals surface area contributed by atoms with Gasteiger partial charge in [-0.15, -0.1) is 0 Å². The predicted molar refractivity (Wildman–Crippen MR) is 70.4 cm³/mol. The van der Waals surface area contributed by atoms with Crippen LogP contribution in [0, 0.1) is 17.2 Å². The quantitative estimate of drug-likeness (QED) is 0.887. The summed E-state index contributed by atoms with van der Waals surface area (Å²) in [6, 6.07) is 7.95. The Bertz CT molecular complexity index is 527. The van der Waals surface area contributed by atoms with E-state index in [1.54, 1.807) is 38.1 Å². The topological polar surface area (TPSA) is 70.0 Å². The molecule has 1 N–H and O–H groups in total. The Labute approximate surface area is 109 Å². The lowest BCUT2D eigenvalue weighted by Gasteiger charge is -2.15. The number of nitrogens with one attached hydrogen (secondary N) is 1. The van der Waals surface area contributed by atoms with E-state index in [0.717, 1.165) is 12.0 Å². The Morgan fingerprint density at radius 3 is 2.22 bits per heavy atom. The number of hydrogen-bond acceptors (Lipinski definition) is 3. The summed E-state index contributed by atoms with van der Waals surface area (Å²) >= 11 is 0. The molecule has 0 aromatic heterocycles. The molecular weight excluding hydrogens is 248 g/mol. The van der Waals surface area contributed by atoms with Gasteiger partial charge in [0.15, 0.2) is 0 Å². The third kappa shape index (κ3) is 3.56. The molecular formula is C13H18N2O2S. The minimum Gasteiger partial charge on any atom is -0.207 e. The van der Waals surface area contributed by atoms with Gasteiger partial charge in [0.25, 0.3) is 0 Å². The number of hydrogen-bond donors (Lipinski definition) is 1. The number of nitriles is 1. The molecule has 1 rings (SSSR count). The predicted octanol–water partition coefficient (Wildman–Crippen LogP) is 2.08. The average molecular weight is 266 g/mol. The standard InChI is InChI=1S/C13H18N2O2S/c1-4-11-5-7-12(8-6-11)18(16,17)15-13(9-14)10(2)3/h5-8,10,13,15H,4H2,1-3H3. The van der Waals surface area contributed by atoms with Crippen LogP contribution in [0.2, 0.25) is 0 Å². The fourth-order valence-corrected chi connectivity index (χ4v) is 2.74. The van der Waals surface area contributed by atoms with Gasteiger partial charge in [-0.25, -0.2) is 8.42 Å². The van der Waals surface area contributed by atoms with Crippen molar-refractivity contribution in [1.82, 2.24) is 4.72 Å². The number of benzene rings is 1. The van der Waals surface area contributed by atoms with Gasteiger partial charge in [-0.05, 0) is 30.0 Å². The van der Waals surface area contributed by atoms with Crippen molar-refractivity contribution in [2.24, 2.45) is 5.92 Å². The van der Waals surface area contributed by atoms with Crippen LogP contribution < -0.4 is 4.72 Å². The van der Waals surface area contributed by atoms with Crippen LogP contribution >= 0.6 is 0 Å². The molecule has 18 heavy (non-hydrogen) atoms. The largest absolute Gasteiger partial charge is 0.241 e. The van der Waals surface area contributed by atoms with Gasteiger partial charge in [-0.1, -0.05) is 32.9 Å². The van der Waals surface area contributed by atoms with Crippen molar-refractivity contribution in [3.63, 3.8) is 0 Å². The number of nitrogens with zero attached hydrogens (tertiary/aromatic N) is 1. The third-order valence-corrected chi connectivity index (χ3v) is 4.19. The van der Waals surface area contributed by atoms with Crippen LogP contribution in [0.25, 0.3) is 0 Å². The maximum Gasteiger partial charge on any atom is 0.241 e. The lowest BCUT2D eigenvalue weighted by Crippen LogP contribution is -2.37. The summed E-state index contributed by atoms with van der Waals surface area (Å²) in [5, 5.41) is 8.91. The Balaban J connectivity index is 2.96. The molecule has 1 unspecified atom stereocenters. The zero-order valence-electron chi connectivity index (χ0n) is 10.8. The molecule has 0 saturated heterocycles. The van der Waals surface area contributed by atoms with E-state index in [-0.39, 0.29) is 10.8 Å². The highest BCUT2D eigenvalue weighted by atomic mass is 32.2. The van der Waals surface area contributed by atoms with Crippen molar-refractivity contribution >= 4 is 10.0 Å². The molecule has 0 bridgehead atoms. The maximum atomic E-state index is 12.0. The van der Waals surface area contributed by atoms with E-state index in [1.807, 2.05) is 13.0 Å². The first-order valence-corrected chi connectivity index (χ1v) is 7.40. The fraction of sp³-hybridized carbons (Fsp3) is 0.462. The molecule has 0 radical (unpaired) electrons. The van der Waals surface area contributed by atoms with E-state index in [9.17, 15) is 8.42 Å². The van der Waals surface area contributed by atoms with E-state index >= 15 is 0 Å². The molecule has 4 nitrogen and oxygen atoms in total. The van der Waals surface area contributed by atoms with Gasteiger partial charge >= 0.3 is 0 Å². The highest BCUT2D eigenvalue weighted by Crippen LogP contribution is 2.13. The normalized spacial score (nSPS) is 13.3. The monoisotopic (exact) mass is 266 g/mol. The van der Waals surface area contributed by atoms with Gasteiger partial charge in [0.1, 0.15) is 6.04 Å². The first kappa shape index (κ1) is 14.7. The van der Waals surface area contributed by atoms with Crippen LogP contribution in [0.1, 0.15) is 26.3 Å². The summed E-state index contributed by atoms with van der Waals surface area (Å²) in [5.74, 6) is -0.0697. The van der Waals surface area contributed by atoms with E-state index in [4.69, 9.17) is 5.26 Å². The van der Waals surface area contributed by atoms with Crippen LogP contribution in [-0.2, 0) is 16.4 Å². The molecule has 1 aromatic rings. The lowest BCUT2D eigenvalue weighted by atomic mass is 10.1. The lowest BCUT2D eigenvalue weighted by molar-refractivity contribution is 0.515. The smallest absolute Gasteiger partial charge is 0.207 e. The summed E-state index contributed by atoms with van der Waals surface area (Å²) in [4.78, 5) is 0.195. The van der Waals surface area contributed by atoms with Gasteiger partial charge < -0.3 is 0 Å². The Morgan fingerprint density at radius 1 is 1.28 bits per heavy atom. The van der Waals surface area contributed by atoms with E-state index < -0.39 is 16.1 Å². The van der Waals surface area contributed by atoms with Gasteiger partial charge in [-0.3, -0.25) is 0 Å². The van der Waals surface area contributed by atoms with Gasteiger partial charge in [0.2, 0.25) is 10.0 Å². The molecule has 0 amide bonds. The van der Waals surface area contributed by atoms with Crippen LogP contribution in [0.5, 0.6) is 0 Å². The summed E-state index contributed by atoms with van der Waals surface area (Å²) in [6.45, 7) is 5.61. The first-order valence-electron chi connectivity index (χ1n) is 5.91. The van der Waals surface area contributed by atoms with Crippen LogP contribution in [0.4, 0.5) is 0 Å². The van der Waals surface area contributed by atoms with Crippen molar-refractivity contribution in [3.05, 3.63) is 29.8 Å². The van der Waals surface area contributed by atoms with Crippen molar-refractivity contribution < 1.29 is 8.42 Å². The molecule has 0 saturated carbocycles. The molecule has 0 heterocycles. The summed E-state index contributed by atoms with van der Waals surface area (Å²) in [7, 11) is -3.61. The minimum atomic E-state index is -3.61. The Morgan fingerprint density at radius 2 is 1.83 bits per heavy atom. The molecule has 0 spiro atoms. The number of sulfonamides is 1. The molecule has 1 atom stereocenters. The van der Waals surface area contributed by atoms with Gasteiger partial charge in [-0.2, -0.15) is 9.98 Å². The van der Waals surface area contributed by atoms with Crippen molar-refractivity contribution in [1.29, 1.82) is 5.26 Å². The molecule has 0 fully saturated rings. The molecule has 0 aliphatic rings. The van der Waals surface area contributed by atoms with Gasteiger partial charge in [0, 0.05) is 0 Å². The second-order valence-corrected chi connectivity index (χ2v) is 6.18. The number of aryl methyl sites for hydroxylation is 1. The molecule has 0 aliphatic heterocycles. The van der Waals surface area contributed by atoms with Crippen LogP contribution in [0.15, 0.2) is 29.2 Å². The van der Waals surface area contributed by atoms with Crippen molar-refractivity contribution in [2.45, 2.75) is 38.1 Å². The second-order valence-electron chi connectivity index (χ2n) is 4.47. The van der Waals surface area contributed by atoms with E-state index in [0.29, 0.717) is 0 Å². The average Bonchev–Trinajstić information content (AvgIpc) is 2.35. The Hall–Kier alpha value is -1.38. The van der Waals surface area contributed by atoms with E-state index in [2.05, 4.69) is 4.72 Å². The van der Waals surface area contributed by atoms with Crippen molar-refractivity contribution in [3.8, 4) is 6.07 Å². The first-order chi connectivity index (χ1) is 8.40. The van der Waals surface area contributed by atoms with E-state index in [1.165, 1.54) is 0 Å². The van der Waals surface area contributed by atoms with Crippen molar-refractivity contribution in [2.75, 3.05) is 0 Å². The zero-order valence-corrected chi connectivity index (χ0v) is 11.7. The molecule has 5 heteroatoms. The molecule has 1 aromatic carbocycles. The maximum absolute atomic E-state index is 12.0. The Kier molecular flexibility index (Phi) is 4.88. The highest BCUT2D eigenvalue weighted by Gasteiger charge is 2.21. The fourth-order valence-electron chi connectivity index (χ4n) is 1.45. The third-order valence-electron chi connectivity index (χ3n) is 2.73. The highest BCUT2D eigenvalue weighted by molar-refractivity contribution is 7.89. The minimum absolute atomic E-state index is 0.0697. The second kappa shape index (κ2) is 5.98. The van der Waals surface area contributed by atoms with Crippen LogP contribution in [0.3, 0.4) is 0 Å². The summed E-state index contributed by atoms with van der Waals surface area (Å²) < 4.78 is 26.5. The molecule has 0 aliphatic carbocycles.